The van der Waals surface area contributed by atoms with Gasteiger partial charge in [0.2, 0.25) is 0 Å². The first-order chi connectivity index (χ1) is 4.74. The van der Waals surface area contributed by atoms with Crippen LogP contribution >= 0.6 is 0 Å². The molecule has 0 aromatic heterocycles. The van der Waals surface area contributed by atoms with Crippen molar-refractivity contribution in [3.8, 4) is 0 Å². The summed E-state index contributed by atoms with van der Waals surface area (Å²) in [7, 11) is 1.19. The van der Waals surface area contributed by atoms with Gasteiger partial charge in [-0.05, 0) is 12.8 Å². The van der Waals surface area contributed by atoms with Crippen molar-refractivity contribution in [3.05, 3.63) is 0 Å². The maximum Gasteiger partial charge on any atom is 0.396 e. The zero-order chi connectivity index (χ0) is 7.56. The Morgan fingerprint density at radius 2 is 2.10 bits per heavy atom. The van der Waals surface area contributed by atoms with Crippen LogP contribution in [-0.4, -0.2) is 25.0 Å². The lowest BCUT2D eigenvalue weighted by Crippen LogP contribution is -2.33. The monoisotopic (exact) mass is 143 g/mol. The average molecular weight is 143 g/mol. The Balaban J connectivity index is 2.25. The van der Waals surface area contributed by atoms with E-state index in [1.807, 2.05) is 0 Å². The predicted octanol–water partition coefficient (Wildman–Crippen LogP) is -0.562. The highest BCUT2D eigenvalue weighted by Crippen LogP contribution is 2.18. The summed E-state index contributed by atoms with van der Waals surface area (Å²) < 4.78 is 4.19. The molecule has 4 nitrogen and oxygen atoms in total. The van der Waals surface area contributed by atoms with E-state index in [0.29, 0.717) is 0 Å². The van der Waals surface area contributed by atoms with Gasteiger partial charge in [0.1, 0.15) is 0 Å². The van der Waals surface area contributed by atoms with E-state index < -0.39 is 11.9 Å². The van der Waals surface area contributed by atoms with Crippen LogP contribution in [0.5, 0.6) is 0 Å². The van der Waals surface area contributed by atoms with Crippen molar-refractivity contribution in [3.63, 3.8) is 0 Å². The molecular formula is C6H9NO3. The van der Waals surface area contributed by atoms with Crippen molar-refractivity contribution in [2.24, 2.45) is 0 Å². The lowest BCUT2D eigenvalue weighted by atomic mass is 10.5. The molecule has 1 aliphatic carbocycles. The summed E-state index contributed by atoms with van der Waals surface area (Å²) in [6.07, 6.45) is 1.95. The molecule has 4 heteroatoms. The second kappa shape index (κ2) is 2.68. The standard InChI is InChI=1S/C6H9NO3/c1-10-6(9)5(8)7-4-2-3-4/h4H,2-3H2,1H3,(H,7,8). The van der Waals surface area contributed by atoms with Crippen molar-refractivity contribution < 1.29 is 14.3 Å². The summed E-state index contributed by atoms with van der Waals surface area (Å²) >= 11 is 0. The van der Waals surface area contributed by atoms with Crippen LogP contribution in [0.2, 0.25) is 0 Å². The molecule has 1 rings (SSSR count). The fourth-order valence-electron chi connectivity index (χ4n) is 0.565. The largest absolute Gasteiger partial charge is 0.462 e. The first-order valence-corrected chi connectivity index (χ1v) is 3.13. The molecule has 0 aromatic carbocycles. The van der Waals surface area contributed by atoms with Gasteiger partial charge in [0.15, 0.2) is 0 Å². The molecule has 1 aliphatic rings. The third kappa shape index (κ3) is 1.72. The van der Waals surface area contributed by atoms with E-state index in [4.69, 9.17) is 0 Å². The number of esters is 1. The lowest BCUT2D eigenvalue weighted by molar-refractivity contribution is -0.152. The van der Waals surface area contributed by atoms with Gasteiger partial charge in [0.25, 0.3) is 0 Å². The van der Waals surface area contributed by atoms with Gasteiger partial charge in [-0.1, -0.05) is 0 Å². The van der Waals surface area contributed by atoms with Crippen LogP contribution in [0, 0.1) is 0 Å². The van der Waals surface area contributed by atoms with Gasteiger partial charge in [-0.3, -0.25) is 4.79 Å². The molecule has 10 heavy (non-hydrogen) atoms. The second-order valence-corrected chi connectivity index (χ2v) is 2.24. The SMILES string of the molecule is COC(=O)C(=O)NC1CC1. The Kier molecular flexibility index (Phi) is 1.89. The predicted molar refractivity (Wildman–Crippen MR) is 33.2 cm³/mol. The van der Waals surface area contributed by atoms with Gasteiger partial charge in [0.05, 0.1) is 7.11 Å². The molecule has 0 bridgehead atoms. The minimum absolute atomic E-state index is 0.214. The number of rotatable bonds is 1. The van der Waals surface area contributed by atoms with Crippen LogP contribution < -0.4 is 5.32 Å². The van der Waals surface area contributed by atoms with Crippen molar-refractivity contribution >= 4 is 11.9 Å². The summed E-state index contributed by atoms with van der Waals surface area (Å²) in [4.78, 5) is 21.1. The fourth-order valence-corrected chi connectivity index (χ4v) is 0.565. The second-order valence-electron chi connectivity index (χ2n) is 2.24. The van der Waals surface area contributed by atoms with Crippen LogP contribution in [0.15, 0.2) is 0 Å². The molecule has 0 spiro atoms. The smallest absolute Gasteiger partial charge is 0.396 e. The Morgan fingerprint density at radius 1 is 1.50 bits per heavy atom. The normalized spacial score (nSPS) is 16.1. The molecule has 0 aromatic rings. The van der Waals surface area contributed by atoms with Gasteiger partial charge in [-0.25, -0.2) is 4.79 Å². The summed E-state index contributed by atoms with van der Waals surface area (Å²) in [6.45, 7) is 0. The number of ether oxygens (including phenoxy) is 1. The summed E-state index contributed by atoms with van der Waals surface area (Å²) in [5, 5.41) is 2.49. The maximum atomic E-state index is 10.6. The van der Waals surface area contributed by atoms with E-state index in [9.17, 15) is 9.59 Å². The van der Waals surface area contributed by atoms with Gasteiger partial charge >= 0.3 is 11.9 Å². The first kappa shape index (κ1) is 7.05. The Bertz CT molecular complexity index is 162. The van der Waals surface area contributed by atoms with E-state index in [1.165, 1.54) is 7.11 Å². The highest BCUT2D eigenvalue weighted by Gasteiger charge is 2.26. The zero-order valence-corrected chi connectivity index (χ0v) is 5.72. The van der Waals surface area contributed by atoms with Gasteiger partial charge in [-0.15, -0.1) is 0 Å². The molecular weight excluding hydrogens is 134 g/mol. The molecule has 0 unspecified atom stereocenters. The quantitative estimate of drug-likeness (QED) is 0.395. The number of hydrogen-bond acceptors (Lipinski definition) is 3. The third-order valence-corrected chi connectivity index (χ3v) is 1.28. The van der Waals surface area contributed by atoms with Crippen LogP contribution in [-0.2, 0) is 14.3 Å². The van der Waals surface area contributed by atoms with Gasteiger partial charge in [0, 0.05) is 6.04 Å². The van der Waals surface area contributed by atoms with Crippen LogP contribution in [0.1, 0.15) is 12.8 Å². The Hall–Kier alpha value is -1.06. The zero-order valence-electron chi connectivity index (χ0n) is 5.72. The van der Waals surface area contributed by atoms with Crippen molar-refractivity contribution in [2.75, 3.05) is 7.11 Å². The molecule has 0 radical (unpaired) electrons. The summed E-state index contributed by atoms with van der Waals surface area (Å²) in [5.74, 6) is -1.45. The van der Waals surface area contributed by atoms with E-state index in [0.717, 1.165) is 12.8 Å². The Morgan fingerprint density at radius 3 is 2.50 bits per heavy atom. The minimum atomic E-state index is -0.813. The molecule has 1 N–H and O–H groups in total. The minimum Gasteiger partial charge on any atom is -0.462 e. The lowest BCUT2D eigenvalue weighted by Gasteiger charge is -1.98. The summed E-state index contributed by atoms with van der Waals surface area (Å²) in [5.41, 5.74) is 0. The van der Waals surface area contributed by atoms with E-state index in [2.05, 4.69) is 10.1 Å². The Labute approximate surface area is 58.5 Å². The first-order valence-electron chi connectivity index (χ1n) is 3.13. The number of nitrogens with one attached hydrogen (secondary N) is 1. The highest BCUT2D eigenvalue weighted by atomic mass is 16.5. The van der Waals surface area contributed by atoms with Crippen molar-refractivity contribution in [1.29, 1.82) is 0 Å². The molecule has 1 amide bonds. The number of hydrogen-bond donors (Lipinski definition) is 1. The highest BCUT2D eigenvalue weighted by molar-refractivity contribution is 6.32. The number of carbonyl (C=O) groups excluding carboxylic acids is 2. The molecule has 1 saturated carbocycles. The van der Waals surface area contributed by atoms with Crippen LogP contribution in [0.4, 0.5) is 0 Å². The van der Waals surface area contributed by atoms with E-state index in [-0.39, 0.29) is 6.04 Å². The molecule has 1 fully saturated rings. The van der Waals surface area contributed by atoms with E-state index in [1.54, 1.807) is 0 Å². The number of amides is 1. The van der Waals surface area contributed by atoms with Crippen molar-refractivity contribution in [1.82, 2.24) is 5.32 Å². The number of carbonyl (C=O) groups is 2. The van der Waals surface area contributed by atoms with E-state index >= 15 is 0 Å². The number of methoxy groups -OCH3 is 1. The third-order valence-electron chi connectivity index (χ3n) is 1.28. The van der Waals surface area contributed by atoms with Crippen LogP contribution in [0.25, 0.3) is 0 Å². The molecule has 0 saturated heterocycles. The molecule has 0 heterocycles. The maximum absolute atomic E-state index is 10.6. The van der Waals surface area contributed by atoms with Crippen LogP contribution in [0.3, 0.4) is 0 Å². The average Bonchev–Trinajstić information content (AvgIpc) is 2.70. The topological polar surface area (TPSA) is 55.4 Å². The fraction of sp³-hybridized carbons (Fsp3) is 0.667. The molecule has 0 aliphatic heterocycles. The summed E-state index contributed by atoms with van der Waals surface area (Å²) in [6, 6.07) is 0.214. The molecule has 0 atom stereocenters. The molecule has 56 valence electrons. The van der Waals surface area contributed by atoms with Gasteiger partial charge in [-0.2, -0.15) is 0 Å². The van der Waals surface area contributed by atoms with Gasteiger partial charge < -0.3 is 10.1 Å². The van der Waals surface area contributed by atoms with Crippen molar-refractivity contribution in [2.45, 2.75) is 18.9 Å².